The number of hydrogen-bond donors (Lipinski definition) is 1. The molecule has 104 valence electrons. The largest absolute Gasteiger partial charge is 0.481 e. The van der Waals surface area contributed by atoms with Crippen LogP contribution in [0.15, 0.2) is 35.1 Å². The van der Waals surface area contributed by atoms with Crippen molar-refractivity contribution in [1.29, 1.82) is 0 Å². The quantitative estimate of drug-likeness (QED) is 0.916. The maximum absolute atomic E-state index is 11.9. The van der Waals surface area contributed by atoms with E-state index in [1.165, 1.54) is 6.07 Å². The first-order valence-corrected chi connectivity index (χ1v) is 6.30. The third-order valence-electron chi connectivity index (χ3n) is 3.05. The number of rotatable bonds is 4. The van der Waals surface area contributed by atoms with Crippen LogP contribution >= 0.6 is 0 Å². The van der Waals surface area contributed by atoms with E-state index in [-0.39, 0.29) is 12.0 Å². The van der Waals surface area contributed by atoms with Crippen molar-refractivity contribution in [2.45, 2.75) is 26.8 Å². The number of carboxylic acids is 1. The molecule has 2 rings (SSSR count). The third-order valence-corrected chi connectivity index (χ3v) is 3.05. The fraction of sp³-hybridized carbons (Fsp3) is 0.267. The third kappa shape index (κ3) is 3.32. The van der Waals surface area contributed by atoms with Gasteiger partial charge in [0.05, 0.1) is 13.0 Å². The molecule has 0 aliphatic rings. The molecule has 5 heteroatoms. The highest BCUT2D eigenvalue weighted by Gasteiger charge is 2.05. The van der Waals surface area contributed by atoms with Crippen molar-refractivity contribution in [3.05, 3.63) is 63.3 Å². The lowest BCUT2D eigenvalue weighted by Gasteiger charge is -2.10. The monoisotopic (exact) mass is 272 g/mol. The van der Waals surface area contributed by atoms with E-state index < -0.39 is 5.97 Å². The SMILES string of the molecule is Cc1cc(=O)n(Cc2ccc(CC(=O)O)cc2)c(C)n1. The summed E-state index contributed by atoms with van der Waals surface area (Å²) in [5, 5.41) is 8.72. The number of aromatic nitrogens is 2. The highest BCUT2D eigenvalue weighted by atomic mass is 16.4. The van der Waals surface area contributed by atoms with Crippen LogP contribution in [0, 0.1) is 13.8 Å². The lowest BCUT2D eigenvalue weighted by Crippen LogP contribution is -2.24. The summed E-state index contributed by atoms with van der Waals surface area (Å²) in [6.07, 6.45) is 0.00530. The summed E-state index contributed by atoms with van der Waals surface area (Å²) in [5.41, 5.74) is 2.31. The van der Waals surface area contributed by atoms with E-state index in [1.54, 1.807) is 30.5 Å². The Kier molecular flexibility index (Phi) is 3.98. The van der Waals surface area contributed by atoms with E-state index in [2.05, 4.69) is 4.98 Å². The lowest BCUT2D eigenvalue weighted by molar-refractivity contribution is -0.136. The molecule has 0 atom stereocenters. The van der Waals surface area contributed by atoms with Gasteiger partial charge in [0.25, 0.3) is 5.56 Å². The van der Waals surface area contributed by atoms with Crippen molar-refractivity contribution in [2.24, 2.45) is 0 Å². The van der Waals surface area contributed by atoms with Gasteiger partial charge in [-0.1, -0.05) is 24.3 Å². The molecule has 0 unspecified atom stereocenters. The number of nitrogens with zero attached hydrogens (tertiary/aromatic N) is 2. The molecule has 0 saturated heterocycles. The molecule has 20 heavy (non-hydrogen) atoms. The average Bonchev–Trinajstić information content (AvgIpc) is 2.35. The van der Waals surface area contributed by atoms with Crippen LogP contribution in [0.4, 0.5) is 0 Å². The van der Waals surface area contributed by atoms with Gasteiger partial charge in [0.2, 0.25) is 0 Å². The summed E-state index contributed by atoms with van der Waals surface area (Å²) in [4.78, 5) is 26.8. The zero-order valence-corrected chi connectivity index (χ0v) is 11.5. The minimum absolute atomic E-state index is 0.00530. The zero-order chi connectivity index (χ0) is 14.7. The molecule has 1 aromatic carbocycles. The van der Waals surface area contributed by atoms with Crippen molar-refractivity contribution in [2.75, 3.05) is 0 Å². The van der Waals surface area contributed by atoms with Gasteiger partial charge in [-0.25, -0.2) is 4.98 Å². The normalized spacial score (nSPS) is 10.5. The van der Waals surface area contributed by atoms with Gasteiger partial charge in [-0.3, -0.25) is 14.2 Å². The Morgan fingerprint density at radius 1 is 1.20 bits per heavy atom. The predicted octanol–water partition coefficient (Wildman–Crippen LogP) is 1.54. The summed E-state index contributed by atoms with van der Waals surface area (Å²) in [6.45, 7) is 4.03. The first kappa shape index (κ1) is 14.0. The highest BCUT2D eigenvalue weighted by Crippen LogP contribution is 2.07. The Morgan fingerprint density at radius 2 is 1.80 bits per heavy atom. The van der Waals surface area contributed by atoms with E-state index in [0.717, 1.165) is 11.1 Å². The summed E-state index contributed by atoms with van der Waals surface area (Å²) in [5.74, 6) is -0.183. The van der Waals surface area contributed by atoms with Crippen molar-refractivity contribution in [1.82, 2.24) is 9.55 Å². The van der Waals surface area contributed by atoms with E-state index in [0.29, 0.717) is 18.1 Å². The summed E-state index contributed by atoms with van der Waals surface area (Å²) in [7, 11) is 0. The molecule has 0 aliphatic heterocycles. The Bertz CT molecular complexity index is 687. The molecule has 0 spiro atoms. The molecule has 1 aromatic heterocycles. The minimum Gasteiger partial charge on any atom is -0.481 e. The van der Waals surface area contributed by atoms with E-state index in [9.17, 15) is 9.59 Å². The van der Waals surface area contributed by atoms with Crippen LogP contribution in [0.5, 0.6) is 0 Å². The lowest BCUT2D eigenvalue weighted by atomic mass is 10.1. The maximum atomic E-state index is 11.9. The molecule has 2 aromatic rings. The smallest absolute Gasteiger partial charge is 0.307 e. The van der Waals surface area contributed by atoms with Crippen molar-refractivity contribution >= 4 is 5.97 Å². The molecule has 0 bridgehead atoms. The van der Waals surface area contributed by atoms with Gasteiger partial charge in [-0.15, -0.1) is 0 Å². The number of aryl methyl sites for hydroxylation is 2. The molecule has 0 aliphatic carbocycles. The van der Waals surface area contributed by atoms with Crippen LogP contribution < -0.4 is 5.56 Å². The minimum atomic E-state index is -0.854. The number of carboxylic acid groups (broad SMARTS) is 1. The molecule has 1 N–H and O–H groups in total. The van der Waals surface area contributed by atoms with Crippen LogP contribution in [0.1, 0.15) is 22.6 Å². The first-order valence-electron chi connectivity index (χ1n) is 6.30. The van der Waals surface area contributed by atoms with Gasteiger partial charge in [-0.05, 0) is 25.0 Å². The second-order valence-electron chi connectivity index (χ2n) is 4.76. The Labute approximate surface area is 116 Å². The van der Waals surface area contributed by atoms with Gasteiger partial charge in [0.1, 0.15) is 5.82 Å². The van der Waals surface area contributed by atoms with Gasteiger partial charge in [0, 0.05) is 11.8 Å². The Balaban J connectivity index is 2.23. The van der Waals surface area contributed by atoms with Crippen LogP contribution in [-0.2, 0) is 17.8 Å². The van der Waals surface area contributed by atoms with E-state index in [1.807, 2.05) is 12.1 Å². The Hall–Kier alpha value is -2.43. The highest BCUT2D eigenvalue weighted by molar-refractivity contribution is 5.70. The van der Waals surface area contributed by atoms with Crippen LogP contribution in [-0.4, -0.2) is 20.6 Å². The second kappa shape index (κ2) is 5.69. The maximum Gasteiger partial charge on any atom is 0.307 e. The van der Waals surface area contributed by atoms with Gasteiger partial charge in [-0.2, -0.15) is 0 Å². The summed E-state index contributed by atoms with van der Waals surface area (Å²) >= 11 is 0. The molecular formula is C15H16N2O3. The van der Waals surface area contributed by atoms with Crippen molar-refractivity contribution in [3.8, 4) is 0 Å². The van der Waals surface area contributed by atoms with Gasteiger partial charge < -0.3 is 5.11 Å². The fourth-order valence-corrected chi connectivity index (χ4v) is 2.08. The molecule has 0 radical (unpaired) electrons. The van der Waals surface area contributed by atoms with Crippen LogP contribution in [0.2, 0.25) is 0 Å². The van der Waals surface area contributed by atoms with Crippen LogP contribution in [0.3, 0.4) is 0 Å². The molecule has 0 amide bonds. The van der Waals surface area contributed by atoms with E-state index >= 15 is 0 Å². The summed E-state index contributed by atoms with van der Waals surface area (Å²) < 4.78 is 1.60. The molecular weight excluding hydrogens is 256 g/mol. The van der Waals surface area contributed by atoms with E-state index in [4.69, 9.17) is 5.11 Å². The summed E-state index contributed by atoms with van der Waals surface area (Å²) in [6, 6.07) is 8.72. The van der Waals surface area contributed by atoms with Gasteiger partial charge >= 0.3 is 5.97 Å². The number of benzene rings is 1. The van der Waals surface area contributed by atoms with Crippen molar-refractivity contribution in [3.63, 3.8) is 0 Å². The Morgan fingerprint density at radius 3 is 2.35 bits per heavy atom. The standard InChI is InChI=1S/C15H16N2O3/c1-10-7-14(18)17(11(2)16-10)9-13-5-3-12(4-6-13)8-15(19)20/h3-7H,8-9H2,1-2H3,(H,19,20). The molecule has 1 heterocycles. The van der Waals surface area contributed by atoms with Crippen LogP contribution in [0.25, 0.3) is 0 Å². The number of carbonyl (C=O) groups is 1. The average molecular weight is 272 g/mol. The fourth-order valence-electron chi connectivity index (χ4n) is 2.08. The zero-order valence-electron chi connectivity index (χ0n) is 11.5. The van der Waals surface area contributed by atoms with Gasteiger partial charge in [0.15, 0.2) is 0 Å². The topological polar surface area (TPSA) is 72.2 Å². The predicted molar refractivity (Wildman–Crippen MR) is 74.9 cm³/mol. The second-order valence-corrected chi connectivity index (χ2v) is 4.76. The molecule has 0 fully saturated rings. The molecule has 5 nitrogen and oxygen atoms in total. The number of hydrogen-bond acceptors (Lipinski definition) is 3. The number of aliphatic carboxylic acids is 1. The molecule has 0 saturated carbocycles. The first-order chi connectivity index (χ1) is 9.45. The van der Waals surface area contributed by atoms with Crippen molar-refractivity contribution < 1.29 is 9.90 Å².